The lowest BCUT2D eigenvalue weighted by atomic mass is 10.1. The van der Waals surface area contributed by atoms with Crippen LogP contribution in [0.3, 0.4) is 0 Å². The van der Waals surface area contributed by atoms with Gasteiger partial charge in [0.1, 0.15) is 5.00 Å². The van der Waals surface area contributed by atoms with Gasteiger partial charge in [-0.2, -0.15) is 0 Å². The zero-order valence-corrected chi connectivity index (χ0v) is 16.8. The summed E-state index contributed by atoms with van der Waals surface area (Å²) in [6.07, 6.45) is 0. The maximum atomic E-state index is 12.6. The van der Waals surface area contributed by atoms with E-state index in [4.69, 9.17) is 16.3 Å². The first-order valence-electron chi connectivity index (χ1n) is 8.05. The lowest BCUT2D eigenvalue weighted by Gasteiger charge is -2.05. The van der Waals surface area contributed by atoms with Gasteiger partial charge in [-0.1, -0.05) is 11.6 Å². The van der Waals surface area contributed by atoms with Crippen molar-refractivity contribution in [3.63, 3.8) is 0 Å². The quantitative estimate of drug-likeness (QED) is 0.563. The molecule has 0 saturated heterocycles. The molecule has 0 radical (unpaired) electrons. The molecule has 28 heavy (non-hydrogen) atoms. The predicted octanol–water partition coefficient (Wildman–Crippen LogP) is 3.25. The van der Waals surface area contributed by atoms with Gasteiger partial charge in [-0.25, -0.2) is 9.59 Å². The first-order chi connectivity index (χ1) is 13.3. The second-order valence-electron chi connectivity index (χ2n) is 5.39. The molecule has 0 saturated carbocycles. The number of esters is 2. The van der Waals surface area contributed by atoms with Crippen molar-refractivity contribution in [1.29, 1.82) is 0 Å². The molecule has 0 aliphatic rings. The van der Waals surface area contributed by atoms with E-state index in [2.05, 4.69) is 15.4 Å². The molecule has 10 heteroatoms. The molecule has 0 bridgehead atoms. The highest BCUT2D eigenvalue weighted by Gasteiger charge is 2.28. The maximum absolute atomic E-state index is 12.6. The van der Waals surface area contributed by atoms with Crippen molar-refractivity contribution in [1.82, 2.24) is 0 Å². The van der Waals surface area contributed by atoms with Gasteiger partial charge in [0.15, 0.2) is 0 Å². The molecule has 148 valence electrons. The van der Waals surface area contributed by atoms with Gasteiger partial charge in [0.05, 0.1) is 24.2 Å². The number of nitrogens with one attached hydrogen (secondary N) is 2. The van der Waals surface area contributed by atoms with Crippen LogP contribution in [0.2, 0.25) is 5.02 Å². The molecule has 0 unspecified atom stereocenters. The third-order valence-electron chi connectivity index (χ3n) is 3.53. The third-order valence-corrected chi connectivity index (χ3v) is 4.99. The number of anilines is 2. The van der Waals surface area contributed by atoms with Crippen LogP contribution in [0.1, 0.15) is 32.5 Å². The molecule has 0 aliphatic carbocycles. The summed E-state index contributed by atoms with van der Waals surface area (Å²) in [6.45, 7) is 3.12. The van der Waals surface area contributed by atoms with Crippen molar-refractivity contribution in [3.8, 4) is 0 Å². The number of hydrogen-bond acceptors (Lipinski definition) is 7. The summed E-state index contributed by atoms with van der Waals surface area (Å²) in [5, 5.41) is 5.51. The van der Waals surface area contributed by atoms with E-state index in [1.54, 1.807) is 38.1 Å². The van der Waals surface area contributed by atoms with E-state index < -0.39 is 23.8 Å². The van der Waals surface area contributed by atoms with Gasteiger partial charge < -0.3 is 20.1 Å². The molecule has 2 aromatic rings. The number of halogens is 1. The van der Waals surface area contributed by atoms with Crippen LogP contribution in [0.4, 0.5) is 10.7 Å². The van der Waals surface area contributed by atoms with Gasteiger partial charge in [0, 0.05) is 10.7 Å². The molecule has 1 aromatic heterocycles. The fraction of sp³-hybridized carbons (Fsp3) is 0.222. The Balaban J connectivity index is 2.34. The van der Waals surface area contributed by atoms with Crippen LogP contribution in [-0.2, 0) is 19.1 Å². The van der Waals surface area contributed by atoms with Crippen molar-refractivity contribution < 1.29 is 28.7 Å². The number of rotatable bonds is 5. The van der Waals surface area contributed by atoms with E-state index in [-0.39, 0.29) is 22.0 Å². The Morgan fingerprint density at radius 2 is 1.75 bits per heavy atom. The fourth-order valence-electron chi connectivity index (χ4n) is 2.24. The Morgan fingerprint density at radius 1 is 1.11 bits per heavy atom. The minimum Gasteiger partial charge on any atom is -0.465 e. The summed E-state index contributed by atoms with van der Waals surface area (Å²) < 4.78 is 9.35. The number of thiophene rings is 1. The Bertz CT molecular complexity index is 923. The minimum atomic E-state index is -1.10. The topological polar surface area (TPSA) is 111 Å². The van der Waals surface area contributed by atoms with E-state index in [0.717, 1.165) is 11.3 Å². The zero-order valence-electron chi connectivity index (χ0n) is 15.3. The van der Waals surface area contributed by atoms with Gasteiger partial charge in [0.2, 0.25) is 0 Å². The summed E-state index contributed by atoms with van der Waals surface area (Å²) in [5.41, 5.74) is 0.799. The van der Waals surface area contributed by atoms with Crippen LogP contribution in [0.5, 0.6) is 0 Å². The third kappa shape index (κ3) is 4.87. The van der Waals surface area contributed by atoms with Crippen molar-refractivity contribution in [3.05, 3.63) is 45.3 Å². The van der Waals surface area contributed by atoms with Gasteiger partial charge in [-0.3, -0.25) is 9.59 Å². The molecule has 0 spiro atoms. The van der Waals surface area contributed by atoms with E-state index in [1.807, 2.05) is 0 Å². The molecule has 2 amide bonds. The van der Waals surface area contributed by atoms with E-state index in [0.29, 0.717) is 16.3 Å². The first-order valence-corrected chi connectivity index (χ1v) is 9.24. The molecular weight excluding hydrogens is 408 g/mol. The Morgan fingerprint density at radius 3 is 2.32 bits per heavy atom. The molecule has 1 heterocycles. The van der Waals surface area contributed by atoms with Gasteiger partial charge in [0.25, 0.3) is 5.91 Å². The molecule has 0 fully saturated rings. The molecule has 2 rings (SSSR count). The van der Waals surface area contributed by atoms with Gasteiger partial charge >= 0.3 is 17.8 Å². The molecule has 0 atom stereocenters. The predicted molar refractivity (Wildman–Crippen MR) is 105 cm³/mol. The summed E-state index contributed by atoms with van der Waals surface area (Å²) in [5.74, 6) is -3.40. The number of hydrogen-bond donors (Lipinski definition) is 2. The highest BCUT2D eigenvalue weighted by atomic mass is 35.5. The molecular formula is C18H17ClN2O6S. The van der Waals surface area contributed by atoms with Gasteiger partial charge in [-0.15, -0.1) is 11.3 Å². The van der Waals surface area contributed by atoms with Crippen LogP contribution >= 0.6 is 22.9 Å². The Hall–Kier alpha value is -2.91. The molecule has 2 N–H and O–H groups in total. The molecule has 0 aliphatic heterocycles. The zero-order chi connectivity index (χ0) is 20.8. The lowest BCUT2D eigenvalue weighted by molar-refractivity contribution is -0.152. The number of methoxy groups -OCH3 is 1. The minimum absolute atomic E-state index is 0.00796. The largest absolute Gasteiger partial charge is 0.465 e. The smallest absolute Gasteiger partial charge is 0.397 e. The Kier molecular flexibility index (Phi) is 7.13. The van der Waals surface area contributed by atoms with Crippen LogP contribution in [-0.4, -0.2) is 37.5 Å². The summed E-state index contributed by atoms with van der Waals surface area (Å²) >= 11 is 6.67. The number of carbonyl (C=O) groups excluding carboxylic acids is 4. The summed E-state index contributed by atoms with van der Waals surface area (Å²) in [4.78, 5) is 48.4. The van der Waals surface area contributed by atoms with E-state index >= 15 is 0 Å². The first kappa shape index (κ1) is 21.4. The Labute approximate surface area is 169 Å². The van der Waals surface area contributed by atoms with Gasteiger partial charge in [-0.05, 0) is 43.7 Å². The fourth-order valence-corrected chi connectivity index (χ4v) is 3.45. The van der Waals surface area contributed by atoms with Crippen molar-refractivity contribution >= 4 is 57.4 Å². The van der Waals surface area contributed by atoms with Crippen molar-refractivity contribution in [2.75, 3.05) is 24.4 Å². The maximum Gasteiger partial charge on any atom is 0.397 e. The molecule has 8 nitrogen and oxygen atoms in total. The number of benzene rings is 1. The highest BCUT2D eigenvalue weighted by molar-refractivity contribution is 7.19. The second-order valence-corrected chi connectivity index (χ2v) is 6.84. The van der Waals surface area contributed by atoms with Crippen LogP contribution < -0.4 is 10.6 Å². The monoisotopic (exact) mass is 424 g/mol. The number of amides is 2. The van der Waals surface area contributed by atoms with E-state index in [9.17, 15) is 19.2 Å². The summed E-state index contributed by atoms with van der Waals surface area (Å²) in [7, 11) is 1.17. The van der Waals surface area contributed by atoms with Crippen LogP contribution in [0, 0.1) is 6.92 Å². The average molecular weight is 425 g/mol. The second kappa shape index (κ2) is 9.34. The summed E-state index contributed by atoms with van der Waals surface area (Å²) in [6, 6.07) is 6.47. The van der Waals surface area contributed by atoms with Crippen LogP contribution in [0.25, 0.3) is 0 Å². The van der Waals surface area contributed by atoms with E-state index in [1.165, 1.54) is 7.11 Å². The SMILES string of the molecule is CCOC(=O)C(=O)Nc1sc(C(=O)Nc2ccc(Cl)cc2)c(C)c1C(=O)OC. The number of ether oxygens (including phenoxy) is 2. The molecule has 1 aromatic carbocycles. The van der Waals surface area contributed by atoms with Crippen LogP contribution in [0.15, 0.2) is 24.3 Å². The number of carbonyl (C=O) groups is 4. The lowest BCUT2D eigenvalue weighted by Crippen LogP contribution is -2.25. The van der Waals surface area contributed by atoms with Crippen molar-refractivity contribution in [2.45, 2.75) is 13.8 Å². The average Bonchev–Trinajstić information content (AvgIpc) is 2.99. The highest BCUT2D eigenvalue weighted by Crippen LogP contribution is 2.34. The normalized spacial score (nSPS) is 10.1. The van der Waals surface area contributed by atoms with Crippen molar-refractivity contribution in [2.24, 2.45) is 0 Å². The standard InChI is InChI=1S/C18H17ClN2O6S/c1-4-27-18(25)15(23)21-16-12(17(24)26-3)9(2)13(28-16)14(22)20-11-7-5-10(19)6-8-11/h5-8H,4H2,1-3H3,(H,20,22)(H,21,23).